The first-order chi connectivity index (χ1) is 7.20. The molecular weight excluding hydrogens is 223 g/mol. The number of carbonyl (C=O) groups is 1. The lowest BCUT2D eigenvalue weighted by atomic mass is 10.2. The number of carbonyl (C=O) groups excluding carboxylic acids is 1. The van der Waals surface area contributed by atoms with E-state index in [1.165, 1.54) is 12.1 Å². The van der Waals surface area contributed by atoms with Crippen LogP contribution in [-0.4, -0.2) is 16.4 Å². The van der Waals surface area contributed by atoms with Gasteiger partial charge in [-0.05, 0) is 18.2 Å². The number of halogens is 2. The third kappa shape index (κ3) is 1.87. The molecule has 2 rings (SSSR count). The fourth-order valence-electron chi connectivity index (χ4n) is 1.06. The molecule has 1 aromatic heterocycles. The predicted molar refractivity (Wildman–Crippen MR) is 50.1 cm³/mol. The van der Waals surface area contributed by atoms with Gasteiger partial charge >= 0.3 is 0 Å². The van der Waals surface area contributed by atoms with Crippen LogP contribution in [0.25, 0.3) is 11.4 Å². The molecule has 0 amide bonds. The summed E-state index contributed by atoms with van der Waals surface area (Å²) < 4.78 is 17.3. The first-order valence-corrected chi connectivity index (χ1v) is 4.33. The van der Waals surface area contributed by atoms with Gasteiger partial charge in [0, 0.05) is 5.56 Å². The van der Waals surface area contributed by atoms with Crippen LogP contribution < -0.4 is 0 Å². The van der Waals surface area contributed by atoms with Crippen molar-refractivity contribution in [2.75, 3.05) is 0 Å². The molecule has 0 N–H and O–H groups in total. The topological polar surface area (TPSA) is 56.0 Å². The number of hydrogen-bond acceptors (Lipinski definition) is 4. The van der Waals surface area contributed by atoms with Gasteiger partial charge in [0.1, 0.15) is 5.82 Å². The van der Waals surface area contributed by atoms with Crippen molar-refractivity contribution in [3.05, 3.63) is 34.9 Å². The second-order valence-corrected chi connectivity index (χ2v) is 3.11. The molecule has 0 bridgehead atoms. The van der Waals surface area contributed by atoms with Crippen molar-refractivity contribution in [1.29, 1.82) is 0 Å². The van der Waals surface area contributed by atoms with E-state index in [0.717, 1.165) is 6.07 Å². The first kappa shape index (κ1) is 9.79. The van der Waals surface area contributed by atoms with Gasteiger partial charge in [-0.1, -0.05) is 16.8 Å². The highest BCUT2D eigenvalue weighted by atomic mass is 35.5. The molecule has 4 nitrogen and oxygen atoms in total. The summed E-state index contributed by atoms with van der Waals surface area (Å²) in [5, 5.41) is 3.68. The van der Waals surface area contributed by atoms with Crippen LogP contribution in [0.1, 0.15) is 10.7 Å². The van der Waals surface area contributed by atoms with E-state index in [-0.39, 0.29) is 16.7 Å². The van der Waals surface area contributed by atoms with Gasteiger partial charge in [-0.15, -0.1) is 0 Å². The Kier molecular flexibility index (Phi) is 2.47. The second-order valence-electron chi connectivity index (χ2n) is 2.70. The van der Waals surface area contributed by atoms with Crippen molar-refractivity contribution in [1.82, 2.24) is 10.1 Å². The van der Waals surface area contributed by atoms with Gasteiger partial charge in [0.15, 0.2) is 0 Å². The Morgan fingerprint density at radius 1 is 1.47 bits per heavy atom. The minimum absolute atomic E-state index is 0.148. The Labute approximate surface area is 88.7 Å². The second kappa shape index (κ2) is 3.78. The van der Waals surface area contributed by atoms with Gasteiger partial charge in [-0.25, -0.2) is 4.39 Å². The van der Waals surface area contributed by atoms with Crippen molar-refractivity contribution in [3.63, 3.8) is 0 Å². The summed E-state index contributed by atoms with van der Waals surface area (Å²) in [5.41, 5.74) is 0.412. The van der Waals surface area contributed by atoms with Crippen LogP contribution in [0.15, 0.2) is 22.7 Å². The zero-order valence-corrected chi connectivity index (χ0v) is 8.03. The molecule has 6 heteroatoms. The van der Waals surface area contributed by atoms with E-state index < -0.39 is 5.82 Å². The maximum Gasteiger partial charge on any atom is 0.291 e. The zero-order valence-electron chi connectivity index (χ0n) is 7.28. The summed E-state index contributed by atoms with van der Waals surface area (Å²) in [6.07, 6.45) is 0.425. The van der Waals surface area contributed by atoms with E-state index in [1.54, 1.807) is 0 Å². The molecule has 15 heavy (non-hydrogen) atoms. The molecule has 0 aliphatic rings. The molecule has 1 aromatic carbocycles. The number of rotatable bonds is 2. The lowest BCUT2D eigenvalue weighted by molar-refractivity contribution is 0.108. The van der Waals surface area contributed by atoms with Crippen molar-refractivity contribution in [2.45, 2.75) is 0 Å². The average molecular weight is 227 g/mol. The van der Waals surface area contributed by atoms with Gasteiger partial charge in [-0.2, -0.15) is 4.98 Å². The van der Waals surface area contributed by atoms with E-state index >= 15 is 0 Å². The number of aldehydes is 1. The Morgan fingerprint density at radius 2 is 2.27 bits per heavy atom. The van der Waals surface area contributed by atoms with Crippen molar-refractivity contribution < 1.29 is 13.7 Å². The highest BCUT2D eigenvalue weighted by molar-refractivity contribution is 6.33. The summed E-state index contributed by atoms with van der Waals surface area (Å²) in [6.45, 7) is 0. The largest absolute Gasteiger partial charge is 0.331 e. The smallest absolute Gasteiger partial charge is 0.291 e. The van der Waals surface area contributed by atoms with Gasteiger partial charge in [0.25, 0.3) is 5.89 Å². The molecular formula is C9H4ClFN2O2. The Balaban J connectivity index is 2.49. The highest BCUT2D eigenvalue weighted by Crippen LogP contribution is 2.25. The first-order valence-electron chi connectivity index (χ1n) is 3.95. The van der Waals surface area contributed by atoms with Crippen LogP contribution in [0.3, 0.4) is 0 Å². The van der Waals surface area contributed by atoms with E-state index in [1.807, 2.05) is 0 Å². The number of hydrogen-bond donors (Lipinski definition) is 0. The van der Waals surface area contributed by atoms with Crippen LogP contribution in [0.5, 0.6) is 0 Å². The summed E-state index contributed by atoms with van der Waals surface area (Å²) in [5.74, 6) is -0.449. The Bertz CT molecular complexity index is 513. The third-order valence-electron chi connectivity index (χ3n) is 1.71. The molecule has 1 heterocycles. The normalized spacial score (nSPS) is 10.3. The molecule has 0 saturated carbocycles. The highest BCUT2D eigenvalue weighted by Gasteiger charge is 2.11. The van der Waals surface area contributed by atoms with Crippen LogP contribution >= 0.6 is 11.6 Å². The minimum atomic E-state index is -0.456. The van der Waals surface area contributed by atoms with Gasteiger partial charge < -0.3 is 4.52 Å². The maximum absolute atomic E-state index is 12.7. The summed E-state index contributed by atoms with van der Waals surface area (Å²) >= 11 is 5.77. The quantitative estimate of drug-likeness (QED) is 0.738. The molecule has 0 atom stereocenters. The van der Waals surface area contributed by atoms with Crippen molar-refractivity contribution >= 4 is 17.9 Å². The Hall–Kier alpha value is -1.75. The van der Waals surface area contributed by atoms with Crippen LogP contribution in [0.2, 0.25) is 5.02 Å². The number of nitrogens with zero attached hydrogens (tertiary/aromatic N) is 2. The molecule has 0 saturated heterocycles. The van der Waals surface area contributed by atoms with Gasteiger partial charge in [0.05, 0.1) is 5.02 Å². The number of aromatic nitrogens is 2. The van der Waals surface area contributed by atoms with Gasteiger partial charge in [-0.3, -0.25) is 4.79 Å². The van der Waals surface area contributed by atoms with E-state index in [2.05, 4.69) is 14.7 Å². The average Bonchev–Trinajstić information content (AvgIpc) is 2.66. The molecule has 0 aliphatic heterocycles. The third-order valence-corrected chi connectivity index (χ3v) is 2.03. The summed E-state index contributed by atoms with van der Waals surface area (Å²) in [4.78, 5) is 14.0. The molecule has 0 unspecified atom stereocenters. The van der Waals surface area contributed by atoms with Crippen molar-refractivity contribution in [3.8, 4) is 11.4 Å². The Morgan fingerprint density at radius 3 is 2.87 bits per heavy atom. The minimum Gasteiger partial charge on any atom is -0.331 e. The van der Waals surface area contributed by atoms with E-state index in [4.69, 9.17) is 11.6 Å². The monoisotopic (exact) mass is 226 g/mol. The molecule has 2 aromatic rings. The van der Waals surface area contributed by atoms with Crippen LogP contribution in [-0.2, 0) is 0 Å². The molecule has 0 radical (unpaired) electrons. The SMILES string of the molecule is O=Cc1nc(-c2ccc(F)cc2Cl)no1. The van der Waals surface area contributed by atoms with Gasteiger partial charge in [0.2, 0.25) is 12.1 Å². The molecule has 0 fully saturated rings. The lowest BCUT2D eigenvalue weighted by Crippen LogP contribution is -1.84. The molecule has 0 spiro atoms. The fourth-order valence-corrected chi connectivity index (χ4v) is 1.32. The zero-order chi connectivity index (χ0) is 10.8. The van der Waals surface area contributed by atoms with E-state index in [9.17, 15) is 9.18 Å². The number of benzene rings is 1. The lowest BCUT2D eigenvalue weighted by Gasteiger charge is -1.97. The summed E-state index contributed by atoms with van der Waals surface area (Å²) in [7, 11) is 0. The van der Waals surface area contributed by atoms with E-state index in [0.29, 0.717) is 11.8 Å². The van der Waals surface area contributed by atoms with Crippen LogP contribution in [0.4, 0.5) is 4.39 Å². The standard InChI is InChI=1S/C9H4ClFN2O2/c10-7-3-5(11)1-2-6(7)9-12-8(4-14)15-13-9/h1-4H. The summed E-state index contributed by atoms with van der Waals surface area (Å²) in [6, 6.07) is 3.77. The maximum atomic E-state index is 12.7. The van der Waals surface area contributed by atoms with Crippen molar-refractivity contribution in [2.24, 2.45) is 0 Å². The van der Waals surface area contributed by atoms with Crippen LogP contribution in [0, 0.1) is 5.82 Å². The molecule has 76 valence electrons. The predicted octanol–water partition coefficient (Wildman–Crippen LogP) is 2.34. The fraction of sp³-hybridized carbons (Fsp3) is 0. The molecule has 0 aliphatic carbocycles.